The molecule has 134 valence electrons. The summed E-state index contributed by atoms with van der Waals surface area (Å²) in [4.78, 5) is 27.0. The van der Waals surface area contributed by atoms with Crippen LogP contribution in [0.3, 0.4) is 0 Å². The van der Waals surface area contributed by atoms with Crippen LogP contribution < -0.4 is 5.32 Å². The number of aryl methyl sites for hydroxylation is 2. The predicted molar refractivity (Wildman–Crippen MR) is 94.1 cm³/mol. The first-order chi connectivity index (χ1) is 12.5. The first-order valence-corrected chi connectivity index (χ1v) is 8.07. The molecule has 0 radical (unpaired) electrons. The molecule has 0 saturated heterocycles. The summed E-state index contributed by atoms with van der Waals surface area (Å²) in [5.74, 6) is -0.337. The van der Waals surface area contributed by atoms with Gasteiger partial charge < -0.3 is 9.88 Å². The van der Waals surface area contributed by atoms with Gasteiger partial charge in [0.25, 0.3) is 11.6 Å². The van der Waals surface area contributed by atoms with Gasteiger partial charge in [-0.3, -0.25) is 19.6 Å². The number of nitro groups is 1. The lowest BCUT2D eigenvalue weighted by atomic mass is 10.1. The second kappa shape index (κ2) is 7.60. The van der Waals surface area contributed by atoms with Crippen LogP contribution in [-0.2, 0) is 13.5 Å². The zero-order valence-electron chi connectivity index (χ0n) is 14.2. The molecule has 0 aliphatic carbocycles. The topological polar surface area (TPSA) is 108 Å². The van der Waals surface area contributed by atoms with Crippen molar-refractivity contribution in [2.75, 3.05) is 6.54 Å². The molecule has 1 aromatic carbocycles. The number of imidazole rings is 1. The zero-order chi connectivity index (χ0) is 18.5. The lowest BCUT2D eigenvalue weighted by Gasteiger charge is -2.07. The summed E-state index contributed by atoms with van der Waals surface area (Å²) in [6, 6.07) is 4.40. The molecule has 2 heterocycles. The molecule has 26 heavy (non-hydrogen) atoms. The van der Waals surface area contributed by atoms with Gasteiger partial charge in [0.15, 0.2) is 0 Å². The molecule has 1 amide bonds. The Morgan fingerprint density at radius 2 is 2.23 bits per heavy atom. The van der Waals surface area contributed by atoms with Gasteiger partial charge in [-0.15, -0.1) is 0 Å². The highest BCUT2D eigenvalue weighted by molar-refractivity contribution is 5.95. The summed E-state index contributed by atoms with van der Waals surface area (Å²) in [7, 11) is 1.85. The van der Waals surface area contributed by atoms with Crippen LogP contribution in [0.5, 0.6) is 0 Å². The number of hydrogen-bond donors (Lipinski definition) is 1. The average Bonchev–Trinajstić information content (AvgIpc) is 3.29. The monoisotopic (exact) mass is 354 g/mol. The van der Waals surface area contributed by atoms with Crippen molar-refractivity contribution in [3.05, 3.63) is 70.6 Å². The van der Waals surface area contributed by atoms with E-state index in [1.54, 1.807) is 29.2 Å². The largest absolute Gasteiger partial charge is 0.352 e. The smallest absolute Gasteiger partial charge is 0.294 e. The highest BCUT2D eigenvalue weighted by Gasteiger charge is 2.18. The minimum atomic E-state index is -0.505. The third kappa shape index (κ3) is 3.94. The minimum absolute atomic E-state index is 0.147. The van der Waals surface area contributed by atoms with Crippen molar-refractivity contribution in [1.29, 1.82) is 0 Å². The molecule has 0 aliphatic heterocycles. The Kier molecular flexibility index (Phi) is 5.07. The molecule has 0 aliphatic rings. The van der Waals surface area contributed by atoms with Crippen LogP contribution in [0, 0.1) is 10.1 Å². The van der Waals surface area contributed by atoms with Gasteiger partial charge in [0.2, 0.25) is 0 Å². The van der Waals surface area contributed by atoms with E-state index in [0.717, 1.165) is 18.4 Å². The van der Waals surface area contributed by atoms with Crippen LogP contribution in [0.15, 0.2) is 49.3 Å². The fourth-order valence-electron chi connectivity index (χ4n) is 2.63. The van der Waals surface area contributed by atoms with E-state index in [9.17, 15) is 14.9 Å². The van der Waals surface area contributed by atoms with Gasteiger partial charge in [0.05, 0.1) is 17.4 Å². The SMILES string of the molecule is Cn1cc(CCCNC(=O)c2ccc(-n3ccnc3)c([N+](=O)[O-])c2)cn1. The second-order valence-corrected chi connectivity index (χ2v) is 5.81. The normalized spacial score (nSPS) is 10.7. The summed E-state index contributed by atoms with van der Waals surface area (Å²) in [6.45, 7) is 0.477. The summed E-state index contributed by atoms with van der Waals surface area (Å²) in [5, 5.41) is 18.2. The fraction of sp³-hybridized carbons (Fsp3) is 0.235. The van der Waals surface area contributed by atoms with Crippen LogP contribution in [0.4, 0.5) is 5.69 Å². The van der Waals surface area contributed by atoms with Crippen molar-refractivity contribution in [3.63, 3.8) is 0 Å². The maximum absolute atomic E-state index is 12.3. The number of aromatic nitrogens is 4. The van der Waals surface area contributed by atoms with E-state index in [1.807, 2.05) is 13.2 Å². The molecule has 9 nitrogen and oxygen atoms in total. The van der Waals surface area contributed by atoms with Crippen LogP contribution in [-0.4, -0.2) is 36.7 Å². The number of amides is 1. The van der Waals surface area contributed by atoms with E-state index in [1.165, 1.54) is 23.2 Å². The molecular weight excluding hydrogens is 336 g/mol. The van der Waals surface area contributed by atoms with E-state index in [-0.39, 0.29) is 17.2 Å². The van der Waals surface area contributed by atoms with Gasteiger partial charge in [-0.2, -0.15) is 5.10 Å². The number of carbonyl (C=O) groups excluding carboxylic acids is 1. The summed E-state index contributed by atoms with van der Waals surface area (Å²) in [5.41, 5.74) is 1.57. The molecule has 0 bridgehead atoms. The number of nitrogens with one attached hydrogen (secondary N) is 1. The van der Waals surface area contributed by atoms with E-state index in [0.29, 0.717) is 12.2 Å². The highest BCUT2D eigenvalue weighted by Crippen LogP contribution is 2.24. The Labute approximate surface area is 149 Å². The van der Waals surface area contributed by atoms with Gasteiger partial charge >= 0.3 is 0 Å². The molecule has 3 aromatic rings. The first-order valence-electron chi connectivity index (χ1n) is 8.07. The molecule has 0 atom stereocenters. The molecular formula is C17H18N6O3. The van der Waals surface area contributed by atoms with E-state index in [2.05, 4.69) is 15.4 Å². The Balaban J connectivity index is 1.63. The van der Waals surface area contributed by atoms with Crippen molar-refractivity contribution in [3.8, 4) is 5.69 Å². The summed E-state index contributed by atoms with van der Waals surface area (Å²) < 4.78 is 3.27. The standard InChI is InChI=1S/C17H18N6O3/c1-21-11-13(10-20-21)3-2-6-19-17(24)14-4-5-15(16(9-14)23(25)26)22-8-7-18-12-22/h4-5,7-12H,2-3,6H2,1H3,(H,19,24). The van der Waals surface area contributed by atoms with Gasteiger partial charge in [-0.05, 0) is 30.5 Å². The first kappa shape index (κ1) is 17.3. The van der Waals surface area contributed by atoms with Crippen LogP contribution in [0.2, 0.25) is 0 Å². The molecule has 3 rings (SSSR count). The predicted octanol–water partition coefficient (Wildman–Crippen LogP) is 1.88. The van der Waals surface area contributed by atoms with Gasteiger partial charge in [-0.1, -0.05) is 0 Å². The number of benzene rings is 1. The molecule has 0 spiro atoms. The summed E-state index contributed by atoms with van der Waals surface area (Å²) >= 11 is 0. The van der Waals surface area contributed by atoms with Gasteiger partial charge in [-0.25, -0.2) is 4.98 Å². The van der Waals surface area contributed by atoms with Gasteiger partial charge in [0.1, 0.15) is 5.69 Å². The van der Waals surface area contributed by atoms with Crippen LogP contribution >= 0.6 is 0 Å². The zero-order valence-corrected chi connectivity index (χ0v) is 14.2. The average molecular weight is 354 g/mol. The lowest BCUT2D eigenvalue weighted by molar-refractivity contribution is -0.384. The number of hydrogen-bond acceptors (Lipinski definition) is 5. The Morgan fingerprint density at radius 3 is 2.88 bits per heavy atom. The summed E-state index contributed by atoms with van der Waals surface area (Å²) in [6.07, 6.45) is 9.90. The Bertz CT molecular complexity index is 916. The molecule has 0 saturated carbocycles. The third-order valence-electron chi connectivity index (χ3n) is 3.90. The highest BCUT2D eigenvalue weighted by atomic mass is 16.6. The number of nitrogens with zero attached hydrogens (tertiary/aromatic N) is 5. The molecule has 1 N–H and O–H groups in total. The number of rotatable bonds is 7. The molecule has 0 unspecified atom stereocenters. The maximum Gasteiger partial charge on any atom is 0.294 e. The van der Waals surface area contributed by atoms with Crippen molar-refractivity contribution < 1.29 is 9.72 Å². The van der Waals surface area contributed by atoms with Crippen molar-refractivity contribution in [2.24, 2.45) is 7.05 Å². The van der Waals surface area contributed by atoms with E-state index >= 15 is 0 Å². The number of carbonyl (C=O) groups is 1. The molecule has 2 aromatic heterocycles. The van der Waals surface area contributed by atoms with Crippen molar-refractivity contribution in [2.45, 2.75) is 12.8 Å². The quantitative estimate of drug-likeness (QED) is 0.396. The van der Waals surface area contributed by atoms with Crippen LogP contribution in [0.1, 0.15) is 22.3 Å². The number of nitro benzene ring substituents is 1. The third-order valence-corrected chi connectivity index (χ3v) is 3.90. The molecule has 9 heteroatoms. The Morgan fingerprint density at radius 1 is 1.38 bits per heavy atom. The maximum atomic E-state index is 12.3. The second-order valence-electron chi connectivity index (χ2n) is 5.81. The van der Waals surface area contributed by atoms with Crippen LogP contribution in [0.25, 0.3) is 5.69 Å². The van der Waals surface area contributed by atoms with Gasteiger partial charge in [0, 0.05) is 43.8 Å². The van der Waals surface area contributed by atoms with Crippen molar-refractivity contribution >= 4 is 11.6 Å². The lowest BCUT2D eigenvalue weighted by Crippen LogP contribution is -2.24. The Hall–Kier alpha value is -3.49. The van der Waals surface area contributed by atoms with E-state index in [4.69, 9.17) is 0 Å². The minimum Gasteiger partial charge on any atom is -0.352 e. The molecule has 0 fully saturated rings. The van der Waals surface area contributed by atoms with Crippen molar-refractivity contribution in [1.82, 2.24) is 24.6 Å². The fourth-order valence-corrected chi connectivity index (χ4v) is 2.63. The van der Waals surface area contributed by atoms with E-state index < -0.39 is 4.92 Å².